The Hall–Kier alpha value is -1.82. The zero-order valence-electron chi connectivity index (χ0n) is 9.17. The summed E-state index contributed by atoms with van der Waals surface area (Å²) in [5.74, 6) is 0.982. The van der Waals surface area contributed by atoms with Crippen LogP contribution in [0.1, 0.15) is 11.5 Å². The number of nitrogens with zero attached hydrogens (tertiary/aromatic N) is 5. The van der Waals surface area contributed by atoms with Crippen LogP contribution >= 0.6 is 0 Å². The highest BCUT2D eigenvalue weighted by atomic mass is 15.2. The van der Waals surface area contributed by atoms with E-state index < -0.39 is 0 Å². The fourth-order valence-corrected chi connectivity index (χ4v) is 1.37. The van der Waals surface area contributed by atoms with Crippen molar-refractivity contribution in [2.45, 2.75) is 13.0 Å². The highest BCUT2D eigenvalue weighted by Crippen LogP contribution is 1.93. The summed E-state index contributed by atoms with van der Waals surface area (Å²) in [4.78, 5) is 7.99. The molecule has 2 aromatic heterocycles. The van der Waals surface area contributed by atoms with Crippen molar-refractivity contribution in [3.63, 3.8) is 0 Å². The van der Waals surface area contributed by atoms with Gasteiger partial charge in [-0.25, -0.2) is 9.97 Å². The van der Waals surface area contributed by atoms with E-state index in [1.165, 1.54) is 0 Å². The van der Waals surface area contributed by atoms with Gasteiger partial charge in [0.15, 0.2) is 0 Å². The van der Waals surface area contributed by atoms with E-state index in [2.05, 4.69) is 25.5 Å². The minimum Gasteiger partial charge on any atom is -0.321 e. The molecule has 0 saturated heterocycles. The Morgan fingerprint density at radius 1 is 1.44 bits per heavy atom. The van der Waals surface area contributed by atoms with Crippen molar-refractivity contribution in [1.29, 1.82) is 0 Å². The van der Waals surface area contributed by atoms with E-state index in [0.29, 0.717) is 0 Å². The predicted molar refractivity (Wildman–Crippen MR) is 58.4 cm³/mol. The van der Waals surface area contributed by atoms with Crippen molar-refractivity contribution < 1.29 is 0 Å². The van der Waals surface area contributed by atoms with Gasteiger partial charge in [0.1, 0.15) is 18.5 Å². The van der Waals surface area contributed by atoms with Crippen LogP contribution in [0, 0.1) is 0 Å². The summed E-state index contributed by atoms with van der Waals surface area (Å²) in [5, 5.41) is 11.1. The summed E-state index contributed by atoms with van der Waals surface area (Å²) in [5.41, 5.74) is 0.993. The fourth-order valence-electron chi connectivity index (χ4n) is 1.37. The molecule has 84 valence electrons. The van der Waals surface area contributed by atoms with Crippen LogP contribution in [0.15, 0.2) is 24.9 Å². The van der Waals surface area contributed by atoms with Gasteiger partial charge < -0.3 is 9.88 Å². The van der Waals surface area contributed by atoms with Gasteiger partial charge in [-0.2, -0.15) is 0 Å². The van der Waals surface area contributed by atoms with Gasteiger partial charge in [-0.15, -0.1) is 10.2 Å². The molecule has 0 aliphatic heterocycles. The molecular weight excluding hydrogens is 204 g/mol. The van der Waals surface area contributed by atoms with Crippen molar-refractivity contribution >= 4 is 0 Å². The topological polar surface area (TPSA) is 68.5 Å². The zero-order chi connectivity index (χ0) is 11.2. The zero-order valence-corrected chi connectivity index (χ0v) is 9.17. The number of rotatable bonds is 5. The standard InChI is InChI=1S/C10H14N6/c1-16-8-14-15-10(16)3-5-11-6-9-2-4-12-7-13-9/h2,4,7-8,11H,3,5-6H2,1H3. The second kappa shape index (κ2) is 5.32. The molecule has 0 radical (unpaired) electrons. The van der Waals surface area contributed by atoms with Gasteiger partial charge in [-0.05, 0) is 6.07 Å². The second-order valence-corrected chi connectivity index (χ2v) is 3.49. The molecular formula is C10H14N6. The van der Waals surface area contributed by atoms with Crippen LogP contribution in [0.25, 0.3) is 0 Å². The fraction of sp³-hybridized carbons (Fsp3) is 0.400. The van der Waals surface area contributed by atoms with Crippen LogP contribution in [-0.2, 0) is 20.0 Å². The molecule has 0 aliphatic rings. The summed E-state index contributed by atoms with van der Waals surface area (Å²) in [6.45, 7) is 1.61. The van der Waals surface area contributed by atoms with E-state index >= 15 is 0 Å². The lowest BCUT2D eigenvalue weighted by atomic mass is 10.3. The van der Waals surface area contributed by atoms with Gasteiger partial charge in [-0.1, -0.05) is 0 Å². The lowest BCUT2D eigenvalue weighted by Gasteiger charge is -2.03. The van der Waals surface area contributed by atoms with Gasteiger partial charge in [-0.3, -0.25) is 0 Å². The Bertz CT molecular complexity index is 424. The third kappa shape index (κ3) is 2.83. The SMILES string of the molecule is Cn1cnnc1CCNCc1ccncn1. The highest BCUT2D eigenvalue weighted by molar-refractivity contribution is 4.97. The second-order valence-electron chi connectivity index (χ2n) is 3.49. The molecule has 1 N–H and O–H groups in total. The number of nitrogens with one attached hydrogen (secondary N) is 1. The van der Waals surface area contributed by atoms with E-state index in [1.54, 1.807) is 18.9 Å². The minimum absolute atomic E-state index is 0.750. The number of hydrogen-bond donors (Lipinski definition) is 1. The third-order valence-electron chi connectivity index (χ3n) is 2.28. The molecule has 0 saturated carbocycles. The molecule has 2 rings (SSSR count). The third-order valence-corrected chi connectivity index (χ3v) is 2.28. The van der Waals surface area contributed by atoms with Crippen LogP contribution in [0.5, 0.6) is 0 Å². The van der Waals surface area contributed by atoms with E-state index in [4.69, 9.17) is 0 Å². The molecule has 0 spiro atoms. The van der Waals surface area contributed by atoms with Crippen molar-refractivity contribution in [2.24, 2.45) is 7.05 Å². The molecule has 2 heterocycles. The van der Waals surface area contributed by atoms with Crippen molar-refractivity contribution in [3.05, 3.63) is 36.4 Å². The van der Waals surface area contributed by atoms with Crippen LogP contribution in [0.2, 0.25) is 0 Å². The Labute approximate surface area is 93.8 Å². The lowest BCUT2D eigenvalue weighted by molar-refractivity contribution is 0.644. The maximum absolute atomic E-state index is 4.12. The summed E-state index contributed by atoms with van der Waals surface area (Å²) in [7, 11) is 1.94. The maximum Gasteiger partial charge on any atom is 0.133 e. The first-order valence-electron chi connectivity index (χ1n) is 5.15. The lowest BCUT2D eigenvalue weighted by Crippen LogP contribution is -2.18. The largest absolute Gasteiger partial charge is 0.321 e. The van der Waals surface area contributed by atoms with Crippen LogP contribution in [0.3, 0.4) is 0 Å². The summed E-state index contributed by atoms with van der Waals surface area (Å²) >= 11 is 0. The molecule has 16 heavy (non-hydrogen) atoms. The molecule has 0 aromatic carbocycles. The molecule has 0 unspecified atom stereocenters. The van der Waals surface area contributed by atoms with E-state index in [-0.39, 0.29) is 0 Å². The molecule has 6 nitrogen and oxygen atoms in total. The average molecular weight is 218 g/mol. The van der Waals surface area contributed by atoms with Crippen LogP contribution < -0.4 is 5.32 Å². The molecule has 0 atom stereocenters. The highest BCUT2D eigenvalue weighted by Gasteiger charge is 1.99. The molecule has 0 amide bonds. The molecule has 0 aliphatic carbocycles. The average Bonchev–Trinajstić information content (AvgIpc) is 2.72. The summed E-state index contributed by atoms with van der Waals surface area (Å²) < 4.78 is 1.92. The van der Waals surface area contributed by atoms with Gasteiger partial charge in [0.05, 0.1) is 5.69 Å². The first-order valence-corrected chi connectivity index (χ1v) is 5.15. The monoisotopic (exact) mass is 218 g/mol. The molecule has 0 fully saturated rings. The van der Waals surface area contributed by atoms with Gasteiger partial charge >= 0.3 is 0 Å². The van der Waals surface area contributed by atoms with Gasteiger partial charge in [0.25, 0.3) is 0 Å². The Kier molecular flexibility index (Phi) is 3.55. The summed E-state index contributed by atoms with van der Waals surface area (Å²) in [6.07, 6.45) is 5.87. The van der Waals surface area contributed by atoms with Crippen LogP contribution in [-0.4, -0.2) is 31.3 Å². The first-order chi connectivity index (χ1) is 7.86. The van der Waals surface area contributed by atoms with Crippen molar-refractivity contribution in [1.82, 2.24) is 30.0 Å². The van der Waals surface area contributed by atoms with E-state index in [0.717, 1.165) is 31.0 Å². The Morgan fingerprint density at radius 2 is 2.38 bits per heavy atom. The number of hydrogen-bond acceptors (Lipinski definition) is 5. The Morgan fingerprint density at radius 3 is 3.06 bits per heavy atom. The first kappa shape index (κ1) is 10.7. The van der Waals surface area contributed by atoms with E-state index in [1.807, 2.05) is 17.7 Å². The maximum atomic E-state index is 4.12. The van der Waals surface area contributed by atoms with Crippen molar-refractivity contribution in [3.8, 4) is 0 Å². The summed E-state index contributed by atoms with van der Waals surface area (Å²) in [6, 6.07) is 1.90. The predicted octanol–water partition coefficient (Wildman–Crippen LogP) is -0.0626. The normalized spacial score (nSPS) is 10.6. The smallest absolute Gasteiger partial charge is 0.133 e. The minimum atomic E-state index is 0.750. The molecule has 2 aromatic rings. The van der Waals surface area contributed by atoms with Crippen molar-refractivity contribution in [2.75, 3.05) is 6.54 Å². The Balaban J connectivity index is 1.72. The van der Waals surface area contributed by atoms with E-state index in [9.17, 15) is 0 Å². The number of aryl methyl sites for hydroxylation is 1. The number of aromatic nitrogens is 5. The molecule has 0 bridgehead atoms. The molecule has 6 heteroatoms. The van der Waals surface area contributed by atoms with Gasteiger partial charge in [0.2, 0.25) is 0 Å². The quantitative estimate of drug-likeness (QED) is 0.712. The van der Waals surface area contributed by atoms with Crippen LogP contribution in [0.4, 0.5) is 0 Å². The van der Waals surface area contributed by atoms with Gasteiger partial charge in [0, 0.05) is 32.8 Å².